The number of anilines is 4. The largest absolute Gasteiger partial charge is 0.508 e. The van der Waals surface area contributed by atoms with Gasteiger partial charge >= 0.3 is 5.97 Å². The van der Waals surface area contributed by atoms with Crippen LogP contribution in [0.5, 0.6) is 23.0 Å². The molecular formula is C115H153Br2FN12O12S3. The van der Waals surface area contributed by atoms with Crippen molar-refractivity contribution >= 4 is 114 Å². The van der Waals surface area contributed by atoms with Crippen LogP contribution in [0.4, 0.5) is 27.1 Å². The molecule has 0 unspecified atom stereocenters. The number of nitrogens with zero attached hydrogens (tertiary/aromatic N) is 6. The molecule has 5 heterocycles. The number of H-pyrrole nitrogens is 1. The molecule has 4 saturated heterocycles. The van der Waals surface area contributed by atoms with Crippen molar-refractivity contribution in [1.82, 2.24) is 31.0 Å². The first-order chi connectivity index (χ1) is 69.2. The molecule has 0 bridgehead atoms. The molecule has 4 aliphatic rings. The van der Waals surface area contributed by atoms with Gasteiger partial charge in [-0.15, -0.1) is 0 Å². The molecule has 30 heteroatoms. The number of halogens is 3. The number of aromatic hydroxyl groups is 4. The molecule has 1 aromatic heterocycles. The Kier molecular flexibility index (Phi) is 51.1. The van der Waals surface area contributed by atoms with E-state index in [1.165, 1.54) is 114 Å². The van der Waals surface area contributed by atoms with Crippen molar-refractivity contribution in [1.29, 1.82) is 5.26 Å². The number of thioether (sulfide) groups is 1. The van der Waals surface area contributed by atoms with Crippen LogP contribution in [-0.2, 0) is 18.9 Å². The number of carbonyl (C=O) groups excluding carboxylic acids is 2. The van der Waals surface area contributed by atoms with Crippen LogP contribution >= 0.6 is 68.1 Å². The Labute approximate surface area is 892 Å². The summed E-state index contributed by atoms with van der Waals surface area (Å²) in [7, 11) is -1.00. The standard InChI is InChI=1S/C23H30N4O2S.C23H28N4OS.C12H18N2O.C12H16O2.C11H15Br.C11H12N2OS.C9H11BrO2.C9H12O2.C4H8O.CH3F/c1-15(2)20-14-21(17(4)13-16(20)3)22(28)25-26-23(30)24-18-5-7-19(8-6-18)27-9-11-29-12-10-27;1-15(2)20-14-21(17(4)13-16(20)3)22-24-25-23(29)27(22)19-7-5-18(6-8-19)26-9-11-28-12-10-26;1-7(2)10-6-11(12(15)14-13)9(4)5-8(10)3;1-7(2)10-6-11(12(13)14)9(4)5-8(10)3;1-7(2)10-6-11(12)9(4)5-8(10)3;12-9-15-11-3-1-10(2-4-11)13-5-7-14-8-6-13;1-5(2)6-3-7(10)9(12)4-8(6)11;1-6(2)8-4-3-7(10)5-9(8)11;1-2-4-5-3-1;1-2/h5-8,13-15H,9-12H2,1-4H3,(H,25,28)(H2,24,26,30);5-8,13-15H,9-12H2,1-4H3,(H,25,29);5-7H,13H2,1-4H3,(H,14,15);5-7H,1-4H3,(H,13,14);5-7H,1-4H3;1-4H,5-8H2;3-5,11-12H,1-2H3;3-6,10-11H,1-2H3;1-4H2;1H3/i;;;;;;;;;1D. The number of hydrogen-bond donors (Lipinski definition) is 11. The third-order valence-corrected chi connectivity index (χ3v) is 27.3. The van der Waals surface area contributed by atoms with Gasteiger partial charge in [-0.05, 0) is 385 Å². The number of phenolic OH excluding ortho intramolecular Hbond substituents is 4. The minimum Gasteiger partial charge on any atom is -0.508 e. The highest BCUT2D eigenvalue weighted by atomic mass is 79.9. The first-order valence-electron chi connectivity index (χ1n) is 49.9. The van der Waals surface area contributed by atoms with Gasteiger partial charge in [0.05, 0.1) is 63.9 Å². The lowest BCUT2D eigenvalue weighted by molar-refractivity contribution is 0.0695. The highest BCUT2D eigenvalue weighted by Crippen LogP contribution is 2.38. The van der Waals surface area contributed by atoms with E-state index in [-0.39, 0.29) is 46.6 Å². The van der Waals surface area contributed by atoms with Crippen LogP contribution in [0.2, 0.25) is 0 Å². The van der Waals surface area contributed by atoms with Gasteiger partial charge in [0.1, 0.15) is 28.4 Å². The van der Waals surface area contributed by atoms with E-state index in [1.807, 2.05) is 108 Å². The van der Waals surface area contributed by atoms with Crippen molar-refractivity contribution in [2.45, 2.75) is 225 Å². The number of ether oxygens (including phenoxy) is 4. The molecule has 0 saturated carbocycles. The normalized spacial score (nSPS) is 13.1. The van der Waals surface area contributed by atoms with E-state index in [0.717, 1.165) is 159 Å². The lowest BCUT2D eigenvalue weighted by Gasteiger charge is -2.29. The van der Waals surface area contributed by atoms with E-state index in [1.54, 1.807) is 24.3 Å². The summed E-state index contributed by atoms with van der Waals surface area (Å²) in [5, 5.41) is 67.4. The number of carboxylic acids is 1. The van der Waals surface area contributed by atoms with E-state index in [9.17, 15) is 34.1 Å². The maximum Gasteiger partial charge on any atom is 0.335 e. The molecule has 10 aromatic carbocycles. The maximum absolute atomic E-state index is 12.7. The number of carboxylic acid groups (broad SMARTS) is 1. The molecule has 784 valence electrons. The van der Waals surface area contributed by atoms with E-state index < -0.39 is 13.1 Å². The second-order valence-electron chi connectivity index (χ2n) is 38.1. The Hall–Kier alpha value is -11.2. The van der Waals surface area contributed by atoms with Crippen LogP contribution in [0, 0.1) is 84.7 Å². The number of nitrogens with one attached hydrogen (secondary N) is 5. The molecule has 24 nitrogen and oxygen atoms in total. The van der Waals surface area contributed by atoms with Crippen molar-refractivity contribution in [3.8, 4) is 45.5 Å². The van der Waals surface area contributed by atoms with Gasteiger partial charge < -0.3 is 64.5 Å². The topological polar surface area (TPSA) is 331 Å². The predicted molar refractivity (Wildman–Crippen MR) is 607 cm³/mol. The minimum absolute atomic E-state index is 0.0666. The zero-order valence-electron chi connectivity index (χ0n) is 89.9. The van der Waals surface area contributed by atoms with Gasteiger partial charge in [0.2, 0.25) is 0 Å². The number of hydrazine groups is 2. The van der Waals surface area contributed by atoms with Crippen molar-refractivity contribution < 1.29 is 64.6 Å². The van der Waals surface area contributed by atoms with E-state index in [2.05, 4.69) is 273 Å². The molecule has 11 aromatic rings. The quantitative estimate of drug-likeness (QED) is 0.0101. The number of phenols is 4. The Balaban J connectivity index is 0.000000259. The Morgan fingerprint density at radius 1 is 0.448 bits per heavy atom. The smallest absolute Gasteiger partial charge is 0.335 e. The zero-order valence-corrected chi connectivity index (χ0v) is 94.5. The lowest BCUT2D eigenvalue weighted by Crippen LogP contribution is -2.44. The number of carbonyl (C=O) groups is 3. The van der Waals surface area contributed by atoms with Gasteiger partial charge in [0.25, 0.3) is 11.8 Å². The maximum atomic E-state index is 12.7. The molecule has 145 heavy (non-hydrogen) atoms. The van der Waals surface area contributed by atoms with E-state index >= 15 is 0 Å². The van der Waals surface area contributed by atoms with Crippen molar-refractivity contribution in [2.75, 3.05) is 119 Å². The average molecular weight is 2170 g/mol. The number of nitriles is 1. The van der Waals surface area contributed by atoms with E-state index in [0.29, 0.717) is 60.6 Å². The number of thiocyanates is 1. The van der Waals surface area contributed by atoms with Crippen molar-refractivity contribution in [2.24, 2.45) is 5.84 Å². The summed E-state index contributed by atoms with van der Waals surface area (Å²) in [6.07, 6.45) is 2.56. The number of aromatic carboxylic acids is 1. The molecule has 0 radical (unpaired) electrons. The second kappa shape index (κ2) is 61.4. The molecule has 12 N–H and O–H groups in total. The van der Waals surface area contributed by atoms with Gasteiger partial charge in [0.15, 0.2) is 15.7 Å². The van der Waals surface area contributed by atoms with Crippen LogP contribution in [0.15, 0.2) is 178 Å². The monoisotopic (exact) mass is 2170 g/mol. The fraction of sp³-hybridized carbons (Fsp3) is 0.417. The second-order valence-corrected chi connectivity index (χ2v) is 41.5. The van der Waals surface area contributed by atoms with Gasteiger partial charge in [0, 0.05) is 113 Å². The fourth-order valence-corrected chi connectivity index (χ4v) is 18.4. The number of morpholine rings is 3. The van der Waals surface area contributed by atoms with E-state index in [4.69, 9.17) is 66.1 Å². The SMILES string of the molecule is C1CCOC1.CC(C)c1cc(Br)c(O)cc1O.CC(C)c1ccc(O)cc1O.Cc1cc(C)c(C(C)C)cc1-c1n[nH]c(=S)n1-c1ccc(N2CCOCC2)cc1.Cc1cc(C)c(C(C)C)cc1Br.Cc1cc(C)c(C(C)C)cc1C(=O)NN.Cc1cc(C)c(C(C)C)cc1C(=O)NNC(=S)Nc1ccc(N2CCOCC2)cc1.Cc1cc(C)c(C(C)C)cc1C(=O)O.N#CSc1ccc(N2CCOCC2)cc1.[2H]CF. The summed E-state index contributed by atoms with van der Waals surface area (Å²) >= 11 is 18.8. The molecule has 15 rings (SSSR count). The molecular weight excluding hydrogens is 2020 g/mol. The summed E-state index contributed by atoms with van der Waals surface area (Å²) < 4.78 is 41.1. The van der Waals surface area contributed by atoms with Gasteiger partial charge in [-0.25, -0.2) is 10.6 Å². The van der Waals surface area contributed by atoms with Crippen LogP contribution in [0.3, 0.4) is 0 Å². The highest BCUT2D eigenvalue weighted by Gasteiger charge is 2.23. The third-order valence-electron chi connectivity index (χ3n) is 24.7. The molecule has 0 atom stereocenters. The number of amides is 2. The molecule has 4 aliphatic heterocycles. The molecule has 4 fully saturated rings. The third kappa shape index (κ3) is 38.2. The number of hydrogen-bond acceptors (Lipinski definition) is 20. The van der Waals surface area contributed by atoms with Crippen LogP contribution in [-0.4, -0.2) is 162 Å². The van der Waals surface area contributed by atoms with Gasteiger partial charge in [-0.2, -0.15) is 10.4 Å². The average Bonchev–Trinajstić information content (AvgIpc) is 1.62. The van der Waals surface area contributed by atoms with Crippen LogP contribution in [0.25, 0.3) is 17.1 Å². The lowest BCUT2D eigenvalue weighted by atomic mass is 9.93. The number of nitrogens with two attached hydrogens (primary N) is 1. The molecule has 0 spiro atoms. The summed E-state index contributed by atoms with van der Waals surface area (Å²) in [5.74, 6) is 7.94. The first kappa shape index (κ1) is 121. The number of benzene rings is 10. The zero-order chi connectivity index (χ0) is 108. The predicted octanol–water partition coefficient (Wildman–Crippen LogP) is 27.1. The number of alkyl halides is 1. The number of rotatable bonds is 17. The summed E-state index contributed by atoms with van der Waals surface area (Å²) in [6.45, 7) is 62.2. The number of aromatic amines is 1. The summed E-state index contributed by atoms with van der Waals surface area (Å²) in [6, 6.07) is 53.1. The van der Waals surface area contributed by atoms with Gasteiger partial charge in [-0.1, -0.05) is 149 Å². The van der Waals surface area contributed by atoms with Gasteiger partial charge in [-0.3, -0.25) is 39.9 Å². The Morgan fingerprint density at radius 3 is 1.21 bits per heavy atom. The number of thiocarbonyl (C=S) groups is 1. The first-order valence-corrected chi connectivity index (χ1v) is 52.4. The van der Waals surface area contributed by atoms with Crippen LogP contribution in [0.1, 0.15) is 278 Å². The number of aromatic nitrogens is 3. The van der Waals surface area contributed by atoms with Crippen LogP contribution < -0.4 is 42.1 Å². The summed E-state index contributed by atoms with van der Waals surface area (Å²) in [4.78, 5) is 43.0. The fourth-order valence-electron chi connectivity index (χ4n) is 16.9. The molecule has 0 aliphatic carbocycles. The van der Waals surface area contributed by atoms with Crippen molar-refractivity contribution in [3.05, 3.63) is 289 Å². The number of aryl methyl sites for hydroxylation is 10. The summed E-state index contributed by atoms with van der Waals surface area (Å²) in [5.41, 5.74) is 35.4. The minimum atomic E-state index is -1.00. The Morgan fingerprint density at radius 2 is 0.807 bits per heavy atom. The Bertz CT molecular complexity index is 6070. The van der Waals surface area contributed by atoms with Crippen molar-refractivity contribution in [3.63, 3.8) is 0 Å². The number of nitrogen functional groups attached to an aromatic ring is 1. The highest BCUT2D eigenvalue weighted by molar-refractivity contribution is 9.10. The molecule has 2 amide bonds.